The number of aromatic nitrogens is 1. The second kappa shape index (κ2) is 4.19. The number of carboxylic acid groups (broad SMARTS) is 1. The third kappa shape index (κ3) is 2.53. The molecule has 6 heteroatoms. The summed E-state index contributed by atoms with van der Waals surface area (Å²) in [4.78, 5) is 25.4. The largest absolute Gasteiger partial charge is 0.476 e. The Hall–Kier alpha value is -1.43. The predicted octanol–water partition coefficient (Wildman–Crippen LogP) is 1.44. The second-order valence-electron chi connectivity index (χ2n) is 2.99. The summed E-state index contributed by atoms with van der Waals surface area (Å²) < 4.78 is 0. The lowest BCUT2D eigenvalue weighted by Crippen LogP contribution is -2.17. The van der Waals surface area contributed by atoms with Crippen LogP contribution in [-0.4, -0.2) is 22.0 Å². The van der Waals surface area contributed by atoms with E-state index < -0.39 is 5.97 Å². The highest BCUT2D eigenvalue weighted by Gasteiger charge is 2.12. The van der Waals surface area contributed by atoms with Crippen molar-refractivity contribution in [2.75, 3.05) is 5.32 Å². The number of amides is 1. The van der Waals surface area contributed by atoms with E-state index in [2.05, 4.69) is 10.3 Å². The van der Waals surface area contributed by atoms with Gasteiger partial charge in [0.2, 0.25) is 5.91 Å². The molecule has 0 bridgehead atoms. The fourth-order valence-electron chi connectivity index (χ4n) is 0.679. The van der Waals surface area contributed by atoms with E-state index in [1.165, 1.54) is 5.38 Å². The summed E-state index contributed by atoms with van der Waals surface area (Å²) in [6, 6.07) is 0. The predicted molar refractivity (Wildman–Crippen MR) is 52.5 cm³/mol. The average molecular weight is 214 g/mol. The molecule has 0 saturated heterocycles. The van der Waals surface area contributed by atoms with E-state index >= 15 is 0 Å². The molecular formula is C8H10N2O3S. The Morgan fingerprint density at radius 2 is 2.21 bits per heavy atom. The Kier molecular flexibility index (Phi) is 3.19. The van der Waals surface area contributed by atoms with Crippen LogP contribution >= 0.6 is 11.3 Å². The molecule has 0 aliphatic carbocycles. The van der Waals surface area contributed by atoms with E-state index in [1.54, 1.807) is 13.8 Å². The van der Waals surface area contributed by atoms with Gasteiger partial charge in [0.05, 0.1) is 0 Å². The molecule has 2 N–H and O–H groups in total. The molecule has 0 fully saturated rings. The molecule has 76 valence electrons. The fraction of sp³-hybridized carbons (Fsp3) is 0.375. The van der Waals surface area contributed by atoms with E-state index in [0.717, 1.165) is 11.3 Å². The van der Waals surface area contributed by atoms with Crippen LogP contribution in [0.4, 0.5) is 5.13 Å². The first kappa shape index (κ1) is 10.6. The topological polar surface area (TPSA) is 79.3 Å². The second-order valence-corrected chi connectivity index (χ2v) is 3.85. The van der Waals surface area contributed by atoms with Crippen LogP contribution < -0.4 is 5.32 Å². The standard InChI is InChI=1S/C8H10N2O3S/c1-4(2)6(11)10-8-9-5(3-14-8)7(12)13/h3-4H,1-2H3,(H,12,13)(H,9,10,11). The first-order valence-corrected chi connectivity index (χ1v) is 4.88. The van der Waals surface area contributed by atoms with E-state index in [0.29, 0.717) is 5.13 Å². The zero-order valence-electron chi connectivity index (χ0n) is 7.77. The van der Waals surface area contributed by atoms with Crippen molar-refractivity contribution in [3.8, 4) is 0 Å². The Morgan fingerprint density at radius 1 is 1.57 bits per heavy atom. The molecule has 0 aromatic carbocycles. The number of thiazole rings is 1. The molecular weight excluding hydrogens is 204 g/mol. The third-order valence-electron chi connectivity index (χ3n) is 1.48. The monoisotopic (exact) mass is 214 g/mol. The zero-order chi connectivity index (χ0) is 10.7. The summed E-state index contributed by atoms with van der Waals surface area (Å²) in [5.41, 5.74) is -0.0472. The van der Waals surface area contributed by atoms with Gasteiger partial charge in [-0.05, 0) is 0 Å². The van der Waals surface area contributed by atoms with Gasteiger partial charge in [-0.15, -0.1) is 11.3 Å². The Morgan fingerprint density at radius 3 is 2.64 bits per heavy atom. The first-order chi connectivity index (χ1) is 6.50. The SMILES string of the molecule is CC(C)C(=O)Nc1nc(C(=O)O)cs1. The number of rotatable bonds is 3. The van der Waals surface area contributed by atoms with Crippen molar-refractivity contribution < 1.29 is 14.7 Å². The molecule has 0 aliphatic rings. The van der Waals surface area contributed by atoms with Gasteiger partial charge in [0.25, 0.3) is 0 Å². The molecule has 0 unspecified atom stereocenters. The van der Waals surface area contributed by atoms with Crippen LogP contribution in [0.2, 0.25) is 0 Å². The molecule has 1 heterocycles. The highest BCUT2D eigenvalue weighted by molar-refractivity contribution is 7.14. The summed E-state index contributed by atoms with van der Waals surface area (Å²) >= 11 is 1.10. The highest BCUT2D eigenvalue weighted by Crippen LogP contribution is 2.15. The van der Waals surface area contributed by atoms with E-state index in [9.17, 15) is 9.59 Å². The number of hydrogen-bond acceptors (Lipinski definition) is 4. The van der Waals surface area contributed by atoms with Gasteiger partial charge >= 0.3 is 5.97 Å². The van der Waals surface area contributed by atoms with Crippen LogP contribution in [0.5, 0.6) is 0 Å². The average Bonchev–Trinajstić information content (AvgIpc) is 2.52. The van der Waals surface area contributed by atoms with Crippen molar-refractivity contribution in [2.45, 2.75) is 13.8 Å². The molecule has 0 spiro atoms. The summed E-state index contributed by atoms with van der Waals surface area (Å²) in [5, 5.41) is 12.8. The van der Waals surface area contributed by atoms with E-state index in [-0.39, 0.29) is 17.5 Å². The first-order valence-electron chi connectivity index (χ1n) is 4.00. The number of aromatic carboxylic acids is 1. The summed E-state index contributed by atoms with van der Waals surface area (Å²) in [7, 11) is 0. The lowest BCUT2D eigenvalue weighted by Gasteiger charge is -2.02. The minimum Gasteiger partial charge on any atom is -0.476 e. The van der Waals surface area contributed by atoms with E-state index in [1.807, 2.05) is 0 Å². The molecule has 0 aliphatic heterocycles. The number of nitrogens with one attached hydrogen (secondary N) is 1. The highest BCUT2D eigenvalue weighted by atomic mass is 32.1. The summed E-state index contributed by atoms with van der Waals surface area (Å²) in [6.45, 7) is 3.50. The van der Waals surface area contributed by atoms with Gasteiger partial charge in [-0.1, -0.05) is 13.8 Å². The Balaban J connectivity index is 2.69. The van der Waals surface area contributed by atoms with Crippen LogP contribution in [0.3, 0.4) is 0 Å². The van der Waals surface area contributed by atoms with Gasteiger partial charge < -0.3 is 10.4 Å². The quantitative estimate of drug-likeness (QED) is 0.797. The molecule has 1 aromatic rings. The van der Waals surface area contributed by atoms with Crippen LogP contribution in [0, 0.1) is 5.92 Å². The summed E-state index contributed by atoms with van der Waals surface area (Å²) in [6.07, 6.45) is 0. The lowest BCUT2D eigenvalue weighted by molar-refractivity contribution is -0.118. The van der Waals surface area contributed by atoms with Crippen molar-refractivity contribution in [3.63, 3.8) is 0 Å². The van der Waals surface area contributed by atoms with Gasteiger partial charge in [0.1, 0.15) is 0 Å². The Labute approximate surface area is 84.8 Å². The molecule has 0 saturated carbocycles. The maximum absolute atomic E-state index is 11.2. The number of hydrogen-bond donors (Lipinski definition) is 2. The van der Waals surface area contributed by atoms with Crippen LogP contribution in [-0.2, 0) is 4.79 Å². The van der Waals surface area contributed by atoms with Crippen molar-refractivity contribution in [2.24, 2.45) is 5.92 Å². The minimum atomic E-state index is -1.09. The maximum atomic E-state index is 11.2. The number of carbonyl (C=O) groups excluding carboxylic acids is 1. The molecule has 14 heavy (non-hydrogen) atoms. The van der Waals surface area contributed by atoms with Crippen molar-refractivity contribution in [3.05, 3.63) is 11.1 Å². The Bertz CT molecular complexity index is 359. The van der Waals surface area contributed by atoms with Gasteiger partial charge in [-0.3, -0.25) is 4.79 Å². The zero-order valence-corrected chi connectivity index (χ0v) is 8.59. The third-order valence-corrected chi connectivity index (χ3v) is 2.24. The smallest absolute Gasteiger partial charge is 0.355 e. The van der Waals surface area contributed by atoms with Crippen molar-refractivity contribution >= 4 is 28.3 Å². The normalized spacial score (nSPS) is 10.2. The van der Waals surface area contributed by atoms with Crippen molar-refractivity contribution in [1.82, 2.24) is 4.98 Å². The number of carbonyl (C=O) groups is 2. The number of anilines is 1. The van der Waals surface area contributed by atoms with Gasteiger partial charge in [0.15, 0.2) is 10.8 Å². The lowest BCUT2D eigenvalue weighted by atomic mass is 10.2. The van der Waals surface area contributed by atoms with Gasteiger partial charge in [-0.25, -0.2) is 9.78 Å². The van der Waals surface area contributed by atoms with Crippen LogP contribution in [0.25, 0.3) is 0 Å². The molecule has 1 aromatic heterocycles. The summed E-state index contributed by atoms with van der Waals surface area (Å²) in [5.74, 6) is -1.41. The van der Waals surface area contributed by atoms with Crippen LogP contribution in [0.1, 0.15) is 24.3 Å². The van der Waals surface area contributed by atoms with Crippen LogP contribution in [0.15, 0.2) is 5.38 Å². The molecule has 0 atom stereocenters. The number of carboxylic acids is 1. The molecule has 1 rings (SSSR count). The van der Waals surface area contributed by atoms with E-state index in [4.69, 9.17) is 5.11 Å². The molecule has 1 amide bonds. The molecule has 0 radical (unpaired) electrons. The van der Waals surface area contributed by atoms with Crippen molar-refractivity contribution in [1.29, 1.82) is 0 Å². The number of nitrogens with zero attached hydrogens (tertiary/aromatic N) is 1. The van der Waals surface area contributed by atoms with Gasteiger partial charge in [-0.2, -0.15) is 0 Å². The minimum absolute atomic E-state index is 0.0472. The maximum Gasteiger partial charge on any atom is 0.355 e. The molecule has 5 nitrogen and oxygen atoms in total. The van der Waals surface area contributed by atoms with Gasteiger partial charge in [0, 0.05) is 11.3 Å². The fourth-order valence-corrected chi connectivity index (χ4v) is 1.37.